The molecular weight excluding hydrogens is 413 g/mol. The molecule has 1 aliphatic heterocycles. The third kappa shape index (κ3) is 9.69. The minimum atomic E-state index is -4.78. The second-order valence-electron chi connectivity index (χ2n) is 8.01. The Balaban J connectivity index is 1.96. The van der Waals surface area contributed by atoms with Crippen molar-refractivity contribution in [3.8, 4) is 5.75 Å². The average molecular weight is 444 g/mol. The van der Waals surface area contributed by atoms with E-state index in [9.17, 15) is 27.9 Å². The fourth-order valence-corrected chi connectivity index (χ4v) is 3.68. The molecule has 9 heteroatoms. The molecule has 1 heterocycles. The Kier molecular flexibility index (Phi) is 9.77. The van der Waals surface area contributed by atoms with Crippen molar-refractivity contribution >= 4 is 11.7 Å². The summed E-state index contributed by atoms with van der Waals surface area (Å²) in [6, 6.07) is 4.45. The number of hydrogen-bond acceptors (Lipinski definition) is 5. The van der Waals surface area contributed by atoms with E-state index in [4.69, 9.17) is 0 Å². The highest BCUT2D eigenvalue weighted by Crippen LogP contribution is 2.26. The predicted octanol–water partition coefficient (Wildman–Crippen LogP) is 3.74. The van der Waals surface area contributed by atoms with Crippen molar-refractivity contribution in [1.82, 2.24) is 10.2 Å². The van der Waals surface area contributed by atoms with Gasteiger partial charge >= 0.3 is 6.36 Å². The smallest absolute Gasteiger partial charge is 0.406 e. The number of aliphatic hydroxyl groups excluding tert-OH is 1. The lowest BCUT2D eigenvalue weighted by molar-refractivity contribution is -0.274. The zero-order valence-corrected chi connectivity index (χ0v) is 17.8. The van der Waals surface area contributed by atoms with Crippen LogP contribution < -0.4 is 10.1 Å². The molecule has 0 radical (unpaired) electrons. The van der Waals surface area contributed by atoms with Gasteiger partial charge in [0, 0.05) is 19.4 Å². The van der Waals surface area contributed by atoms with Gasteiger partial charge in [-0.3, -0.25) is 4.79 Å². The number of Topliss-reactive ketones (excluding diaryl/α,β-unsaturated/α-hetero) is 1. The summed E-state index contributed by atoms with van der Waals surface area (Å²) >= 11 is 0. The highest BCUT2D eigenvalue weighted by Gasteiger charge is 2.31. The topological polar surface area (TPSA) is 78.9 Å². The number of hydrogen-bond donors (Lipinski definition) is 2. The predicted molar refractivity (Wildman–Crippen MR) is 109 cm³/mol. The van der Waals surface area contributed by atoms with Crippen molar-refractivity contribution in [2.45, 2.75) is 70.4 Å². The number of amides is 1. The molecule has 1 fully saturated rings. The zero-order valence-electron chi connectivity index (χ0n) is 17.8. The number of carbonyl (C=O) groups is 2. The fourth-order valence-electron chi connectivity index (χ4n) is 3.68. The van der Waals surface area contributed by atoms with Crippen LogP contribution in [-0.2, 0) is 9.59 Å². The Labute approximate surface area is 180 Å². The van der Waals surface area contributed by atoms with Gasteiger partial charge in [0.1, 0.15) is 17.6 Å². The summed E-state index contributed by atoms with van der Waals surface area (Å²) in [7, 11) is 0. The largest absolute Gasteiger partial charge is 0.573 e. The minimum absolute atomic E-state index is 0.130. The number of ether oxygens (including phenoxy) is 1. The highest BCUT2D eigenvalue weighted by molar-refractivity contribution is 5.76. The van der Waals surface area contributed by atoms with E-state index in [-0.39, 0.29) is 17.4 Å². The number of carbonyl (C=O) groups excluding carboxylic acids is 2. The van der Waals surface area contributed by atoms with E-state index in [1.165, 1.54) is 12.1 Å². The Hall–Kier alpha value is -2.13. The molecule has 1 saturated heterocycles. The number of nitrogens with zero attached hydrogens (tertiary/aromatic N) is 1. The van der Waals surface area contributed by atoms with Gasteiger partial charge in [-0.25, -0.2) is 0 Å². The number of benzene rings is 1. The van der Waals surface area contributed by atoms with Gasteiger partial charge in [0.05, 0.1) is 6.04 Å². The molecule has 31 heavy (non-hydrogen) atoms. The molecule has 0 saturated carbocycles. The van der Waals surface area contributed by atoms with Gasteiger partial charge in [0.25, 0.3) is 0 Å². The first-order valence-corrected chi connectivity index (χ1v) is 10.7. The number of halogens is 3. The number of unbranched alkanes of at least 4 members (excludes halogenated alkanes) is 2. The van der Waals surface area contributed by atoms with Crippen LogP contribution >= 0.6 is 0 Å². The summed E-state index contributed by atoms with van der Waals surface area (Å²) in [4.78, 5) is 25.5. The van der Waals surface area contributed by atoms with Crippen LogP contribution in [0.25, 0.3) is 0 Å². The van der Waals surface area contributed by atoms with Crippen LogP contribution in [-0.4, -0.2) is 53.7 Å². The molecule has 0 aliphatic carbocycles. The normalized spacial score (nSPS) is 16.7. The summed E-state index contributed by atoms with van der Waals surface area (Å²) in [6.07, 6.45) is -0.784. The Morgan fingerprint density at radius 3 is 2.29 bits per heavy atom. The third-order valence-electron chi connectivity index (χ3n) is 5.27. The first-order valence-electron chi connectivity index (χ1n) is 10.7. The second-order valence-corrected chi connectivity index (χ2v) is 8.01. The number of rotatable bonds is 12. The minimum Gasteiger partial charge on any atom is -0.406 e. The molecule has 1 amide bonds. The molecular formula is C22H31F3N2O4. The summed E-state index contributed by atoms with van der Waals surface area (Å²) in [5, 5.41) is 13.7. The van der Waals surface area contributed by atoms with Gasteiger partial charge in [-0.2, -0.15) is 0 Å². The lowest BCUT2D eigenvalue weighted by atomic mass is 10.0. The number of ketones is 1. The summed E-state index contributed by atoms with van der Waals surface area (Å²) in [5.41, 5.74) is 0.403. The number of aliphatic hydroxyl groups is 1. The van der Waals surface area contributed by atoms with Crippen molar-refractivity contribution < 1.29 is 32.6 Å². The van der Waals surface area contributed by atoms with Crippen LogP contribution in [0.2, 0.25) is 0 Å². The summed E-state index contributed by atoms with van der Waals surface area (Å²) in [5.74, 6) is -0.429. The SMILES string of the molecule is CC(=O)CCCCCC(=O)N[C@H](CN1CCCC1)C(O)c1ccc(OC(F)(F)F)cc1. The standard InChI is InChI=1S/C22H31F3N2O4/c1-16(28)7-3-2-4-8-20(29)26-19(15-27-13-5-6-14-27)21(30)17-9-11-18(12-10-17)31-22(23,24)25/h9-12,19,21,30H,2-8,13-15H2,1H3,(H,26,29)/t19-,21?/m1/s1. The number of likely N-dealkylation sites (tertiary alicyclic amines) is 1. The molecule has 1 aliphatic rings. The van der Waals surface area contributed by atoms with Gasteiger partial charge in [-0.1, -0.05) is 18.6 Å². The van der Waals surface area contributed by atoms with Crippen molar-refractivity contribution in [3.05, 3.63) is 29.8 Å². The van der Waals surface area contributed by atoms with Gasteiger partial charge in [-0.15, -0.1) is 13.2 Å². The Morgan fingerprint density at radius 2 is 1.71 bits per heavy atom. The molecule has 2 N–H and O–H groups in total. The van der Waals surface area contributed by atoms with Gasteiger partial charge in [-0.05, 0) is 63.4 Å². The second kappa shape index (κ2) is 12.0. The molecule has 1 aromatic rings. The Morgan fingerprint density at radius 1 is 1.10 bits per heavy atom. The molecule has 0 aromatic heterocycles. The van der Waals surface area contributed by atoms with Crippen LogP contribution in [0.5, 0.6) is 5.75 Å². The fraction of sp³-hybridized carbons (Fsp3) is 0.636. The van der Waals surface area contributed by atoms with Gasteiger partial charge in [0.15, 0.2) is 0 Å². The highest BCUT2D eigenvalue weighted by atomic mass is 19.4. The zero-order chi connectivity index (χ0) is 22.9. The van der Waals surface area contributed by atoms with Crippen molar-refractivity contribution in [1.29, 1.82) is 0 Å². The molecule has 0 spiro atoms. The summed E-state index contributed by atoms with van der Waals surface area (Å²) in [6.45, 7) is 3.75. The van der Waals surface area contributed by atoms with Crippen LogP contribution in [0.15, 0.2) is 24.3 Å². The van der Waals surface area contributed by atoms with E-state index >= 15 is 0 Å². The lowest BCUT2D eigenvalue weighted by Crippen LogP contribution is -2.46. The van der Waals surface area contributed by atoms with Crippen molar-refractivity contribution in [2.75, 3.05) is 19.6 Å². The van der Waals surface area contributed by atoms with Crippen molar-refractivity contribution in [3.63, 3.8) is 0 Å². The first-order chi connectivity index (χ1) is 14.6. The van der Waals surface area contributed by atoms with E-state index in [0.29, 0.717) is 31.4 Å². The van der Waals surface area contributed by atoms with Gasteiger partial charge < -0.3 is 24.9 Å². The first kappa shape index (κ1) is 25.1. The molecule has 0 bridgehead atoms. The summed E-state index contributed by atoms with van der Waals surface area (Å²) < 4.78 is 40.9. The molecule has 1 aromatic carbocycles. The maximum atomic E-state index is 12.4. The van der Waals surface area contributed by atoms with E-state index in [1.54, 1.807) is 6.92 Å². The van der Waals surface area contributed by atoms with Crippen LogP contribution in [0, 0.1) is 0 Å². The van der Waals surface area contributed by atoms with E-state index in [0.717, 1.165) is 50.9 Å². The number of alkyl halides is 3. The van der Waals surface area contributed by atoms with Crippen LogP contribution in [0.3, 0.4) is 0 Å². The average Bonchev–Trinajstić information content (AvgIpc) is 3.19. The molecule has 1 unspecified atom stereocenters. The monoisotopic (exact) mass is 444 g/mol. The molecule has 2 atom stereocenters. The van der Waals surface area contributed by atoms with Crippen molar-refractivity contribution in [2.24, 2.45) is 0 Å². The maximum absolute atomic E-state index is 12.4. The number of nitrogens with one attached hydrogen (secondary N) is 1. The molecule has 2 rings (SSSR count). The lowest BCUT2D eigenvalue weighted by Gasteiger charge is -2.29. The third-order valence-corrected chi connectivity index (χ3v) is 5.27. The van der Waals surface area contributed by atoms with E-state index < -0.39 is 18.5 Å². The quantitative estimate of drug-likeness (QED) is 0.480. The van der Waals surface area contributed by atoms with E-state index in [2.05, 4.69) is 15.0 Å². The van der Waals surface area contributed by atoms with Gasteiger partial charge in [0.2, 0.25) is 5.91 Å². The van der Waals surface area contributed by atoms with Crippen LogP contribution in [0.1, 0.15) is 63.5 Å². The van der Waals surface area contributed by atoms with Crippen LogP contribution in [0.4, 0.5) is 13.2 Å². The van der Waals surface area contributed by atoms with E-state index in [1.807, 2.05) is 0 Å². The molecule has 174 valence electrons. The Bertz CT molecular complexity index is 704. The molecule has 6 nitrogen and oxygen atoms in total. The maximum Gasteiger partial charge on any atom is 0.573 e.